The third-order valence-corrected chi connectivity index (χ3v) is 5.64. The fourth-order valence-electron chi connectivity index (χ4n) is 3.31. The molecule has 5 aromatic rings. The van der Waals surface area contributed by atoms with E-state index in [-0.39, 0.29) is 0 Å². The van der Waals surface area contributed by atoms with Crippen molar-refractivity contribution >= 4 is 44.5 Å². The average Bonchev–Trinajstić information content (AvgIpc) is 3.39. The molecule has 3 aromatic heterocycles. The van der Waals surface area contributed by atoms with Gasteiger partial charge in [0.25, 0.3) is 0 Å². The van der Waals surface area contributed by atoms with Crippen molar-refractivity contribution in [2.24, 2.45) is 5.10 Å². The second kappa shape index (κ2) is 7.37. The largest absolute Gasteiger partial charge is 0.497 e. The Kier molecular flexibility index (Phi) is 4.42. The first kappa shape index (κ1) is 17.4. The first-order valence-electron chi connectivity index (χ1n) is 9.05. The lowest BCUT2D eigenvalue weighted by Gasteiger charge is -2.04. The summed E-state index contributed by atoms with van der Waals surface area (Å²) >= 11 is 1.60. The van der Waals surface area contributed by atoms with Gasteiger partial charge >= 0.3 is 0 Å². The molecule has 0 aliphatic carbocycles. The molecular formula is C22H17N5OS. The number of hydrogen-bond acceptors (Lipinski definition) is 6. The number of hydrazone groups is 1. The zero-order chi connectivity index (χ0) is 19.6. The van der Waals surface area contributed by atoms with Crippen LogP contribution in [0, 0.1) is 0 Å². The standard InChI is InChI=1S/C22H17N5OS/c1-28-16-7-8-17-15(10-23-19(17)9-16)11-26-27-21-20-18(14-5-3-2-4-6-14)12-29-22(20)25-13-24-21/h2-13,23H,1H3,(H,24,25,27)/b26-11+. The molecule has 0 aliphatic rings. The fraction of sp³-hybridized carbons (Fsp3) is 0.0455. The molecule has 0 amide bonds. The van der Waals surface area contributed by atoms with Crippen molar-refractivity contribution in [2.45, 2.75) is 0 Å². The van der Waals surface area contributed by atoms with E-state index in [0.717, 1.165) is 43.6 Å². The van der Waals surface area contributed by atoms with Crippen LogP contribution in [0.5, 0.6) is 5.75 Å². The van der Waals surface area contributed by atoms with Gasteiger partial charge in [-0.2, -0.15) is 5.10 Å². The van der Waals surface area contributed by atoms with Crippen LogP contribution in [0.25, 0.3) is 32.2 Å². The van der Waals surface area contributed by atoms with E-state index in [9.17, 15) is 0 Å². The number of nitrogens with one attached hydrogen (secondary N) is 2. The molecule has 0 fully saturated rings. The molecule has 5 rings (SSSR count). The minimum atomic E-state index is 0.688. The monoisotopic (exact) mass is 399 g/mol. The van der Waals surface area contributed by atoms with Crippen LogP contribution in [-0.4, -0.2) is 28.3 Å². The molecule has 0 radical (unpaired) electrons. The number of ether oxygens (including phenoxy) is 1. The van der Waals surface area contributed by atoms with Gasteiger partial charge in [0.15, 0.2) is 5.82 Å². The van der Waals surface area contributed by atoms with E-state index in [1.165, 1.54) is 0 Å². The predicted octanol–water partition coefficient (Wildman–Crippen LogP) is 5.29. The normalized spacial score (nSPS) is 11.5. The fourth-order valence-corrected chi connectivity index (χ4v) is 4.23. The van der Waals surface area contributed by atoms with Crippen LogP contribution in [0.1, 0.15) is 5.56 Å². The van der Waals surface area contributed by atoms with Crippen LogP contribution < -0.4 is 10.2 Å². The van der Waals surface area contributed by atoms with Crippen LogP contribution in [0.3, 0.4) is 0 Å². The number of thiophene rings is 1. The van der Waals surface area contributed by atoms with Crippen molar-refractivity contribution in [3.05, 3.63) is 72.0 Å². The number of H-pyrrole nitrogens is 1. The van der Waals surface area contributed by atoms with Crippen molar-refractivity contribution in [1.82, 2.24) is 15.0 Å². The molecule has 0 saturated heterocycles. The number of fused-ring (bicyclic) bond motifs is 2. The second-order valence-corrected chi connectivity index (χ2v) is 7.30. The summed E-state index contributed by atoms with van der Waals surface area (Å²) in [6.45, 7) is 0. The van der Waals surface area contributed by atoms with E-state index < -0.39 is 0 Å². The van der Waals surface area contributed by atoms with Crippen LogP contribution in [-0.2, 0) is 0 Å². The highest BCUT2D eigenvalue weighted by atomic mass is 32.1. The summed E-state index contributed by atoms with van der Waals surface area (Å²) in [5.41, 5.74) is 7.31. The molecule has 0 atom stereocenters. The van der Waals surface area contributed by atoms with Gasteiger partial charge in [0.1, 0.15) is 16.9 Å². The molecule has 29 heavy (non-hydrogen) atoms. The van der Waals surface area contributed by atoms with Gasteiger partial charge in [-0.1, -0.05) is 30.3 Å². The van der Waals surface area contributed by atoms with E-state index in [4.69, 9.17) is 4.74 Å². The van der Waals surface area contributed by atoms with Gasteiger partial charge < -0.3 is 9.72 Å². The lowest BCUT2D eigenvalue weighted by atomic mass is 10.1. The Balaban J connectivity index is 1.47. The van der Waals surface area contributed by atoms with Gasteiger partial charge in [-0.25, -0.2) is 9.97 Å². The van der Waals surface area contributed by atoms with Gasteiger partial charge in [0, 0.05) is 39.7 Å². The minimum absolute atomic E-state index is 0.688. The summed E-state index contributed by atoms with van der Waals surface area (Å²) in [7, 11) is 1.66. The molecule has 2 N–H and O–H groups in total. The summed E-state index contributed by atoms with van der Waals surface area (Å²) in [5.74, 6) is 1.50. The first-order chi connectivity index (χ1) is 14.3. The molecule has 2 aromatic carbocycles. The average molecular weight is 399 g/mol. The van der Waals surface area contributed by atoms with E-state index in [2.05, 4.69) is 43.0 Å². The SMILES string of the molecule is COc1ccc2c(/C=N/Nc3ncnc4scc(-c5ccccc5)c34)c[nH]c2c1. The molecular weight excluding hydrogens is 382 g/mol. The Labute approximate surface area is 170 Å². The summed E-state index contributed by atoms with van der Waals surface area (Å²) < 4.78 is 5.27. The van der Waals surface area contributed by atoms with Crippen molar-refractivity contribution < 1.29 is 4.74 Å². The molecule has 0 spiro atoms. The highest BCUT2D eigenvalue weighted by Crippen LogP contribution is 2.36. The number of hydrogen-bond donors (Lipinski definition) is 2. The molecule has 7 heteroatoms. The zero-order valence-electron chi connectivity index (χ0n) is 15.6. The van der Waals surface area contributed by atoms with Crippen molar-refractivity contribution in [2.75, 3.05) is 12.5 Å². The molecule has 0 bridgehead atoms. The van der Waals surface area contributed by atoms with E-state index in [0.29, 0.717) is 5.82 Å². The van der Waals surface area contributed by atoms with Crippen molar-refractivity contribution in [3.63, 3.8) is 0 Å². The number of rotatable bonds is 5. The number of nitrogens with zero attached hydrogens (tertiary/aromatic N) is 3. The maximum Gasteiger partial charge on any atom is 0.159 e. The molecule has 0 saturated carbocycles. The van der Waals surface area contributed by atoms with Crippen LogP contribution in [0.15, 0.2) is 71.5 Å². The Morgan fingerprint density at radius 2 is 2.03 bits per heavy atom. The maximum atomic E-state index is 5.27. The molecule has 0 aliphatic heterocycles. The van der Waals surface area contributed by atoms with Gasteiger partial charge in [0.05, 0.1) is 18.7 Å². The van der Waals surface area contributed by atoms with E-state index in [1.807, 2.05) is 42.6 Å². The van der Waals surface area contributed by atoms with Gasteiger partial charge in [-0.05, 0) is 17.7 Å². The molecule has 142 valence electrons. The molecule has 0 unspecified atom stereocenters. The number of benzene rings is 2. The molecule has 6 nitrogen and oxygen atoms in total. The minimum Gasteiger partial charge on any atom is -0.497 e. The summed E-state index contributed by atoms with van der Waals surface area (Å²) in [6.07, 6.45) is 5.27. The lowest BCUT2D eigenvalue weighted by molar-refractivity contribution is 0.415. The second-order valence-electron chi connectivity index (χ2n) is 6.44. The zero-order valence-corrected chi connectivity index (χ0v) is 16.4. The smallest absolute Gasteiger partial charge is 0.159 e. The Morgan fingerprint density at radius 3 is 2.90 bits per heavy atom. The van der Waals surface area contributed by atoms with E-state index in [1.54, 1.807) is 31.0 Å². The predicted molar refractivity (Wildman–Crippen MR) is 119 cm³/mol. The number of anilines is 1. The van der Waals surface area contributed by atoms with Gasteiger partial charge in [-0.15, -0.1) is 11.3 Å². The third kappa shape index (κ3) is 3.21. The summed E-state index contributed by atoms with van der Waals surface area (Å²) in [4.78, 5) is 13.0. The summed E-state index contributed by atoms with van der Waals surface area (Å²) in [5, 5.41) is 8.59. The Hall–Kier alpha value is -3.71. The Morgan fingerprint density at radius 1 is 1.14 bits per heavy atom. The maximum absolute atomic E-state index is 5.27. The van der Waals surface area contributed by atoms with Crippen LogP contribution in [0.2, 0.25) is 0 Å². The van der Waals surface area contributed by atoms with Crippen molar-refractivity contribution in [1.29, 1.82) is 0 Å². The van der Waals surface area contributed by atoms with Gasteiger partial charge in [-0.3, -0.25) is 5.43 Å². The third-order valence-electron chi connectivity index (χ3n) is 4.75. The number of methoxy groups -OCH3 is 1. The lowest BCUT2D eigenvalue weighted by Crippen LogP contribution is -1.95. The molecule has 3 heterocycles. The van der Waals surface area contributed by atoms with Crippen LogP contribution >= 0.6 is 11.3 Å². The first-order valence-corrected chi connectivity index (χ1v) is 9.93. The number of aromatic amines is 1. The van der Waals surface area contributed by atoms with Crippen LogP contribution in [0.4, 0.5) is 5.82 Å². The van der Waals surface area contributed by atoms with Gasteiger partial charge in [0.2, 0.25) is 0 Å². The Bertz CT molecular complexity index is 1320. The van der Waals surface area contributed by atoms with E-state index >= 15 is 0 Å². The topological polar surface area (TPSA) is 75.2 Å². The highest BCUT2D eigenvalue weighted by molar-refractivity contribution is 7.17. The summed E-state index contributed by atoms with van der Waals surface area (Å²) in [6, 6.07) is 16.2. The van der Waals surface area contributed by atoms with Crippen molar-refractivity contribution in [3.8, 4) is 16.9 Å². The highest BCUT2D eigenvalue weighted by Gasteiger charge is 2.12. The quantitative estimate of drug-likeness (QED) is 0.311. The number of aromatic nitrogens is 3.